The molecule has 0 atom stereocenters. The molecule has 124 valence electrons. The van der Waals surface area contributed by atoms with Crippen LogP contribution in [0, 0.1) is 11.3 Å². The van der Waals surface area contributed by atoms with Crippen molar-refractivity contribution in [2.24, 2.45) is 0 Å². The molecule has 0 amide bonds. The van der Waals surface area contributed by atoms with Gasteiger partial charge in [0.2, 0.25) is 0 Å². The van der Waals surface area contributed by atoms with Gasteiger partial charge in [0.1, 0.15) is 17.1 Å². The van der Waals surface area contributed by atoms with Crippen molar-refractivity contribution < 1.29 is 9.84 Å². The third-order valence-corrected chi connectivity index (χ3v) is 3.34. The van der Waals surface area contributed by atoms with E-state index in [1.807, 2.05) is 13.0 Å². The van der Waals surface area contributed by atoms with Crippen molar-refractivity contribution >= 4 is 0 Å². The SMILES string of the molecule is C=C(/C=C\C(C#N)=C/C)Oc1c(CO)nn(-c2cn[nH]c2)c1CC. The number of nitriles is 1. The van der Waals surface area contributed by atoms with E-state index < -0.39 is 0 Å². The predicted molar refractivity (Wildman–Crippen MR) is 89.3 cm³/mol. The first-order chi connectivity index (χ1) is 11.6. The van der Waals surface area contributed by atoms with Crippen molar-refractivity contribution in [3.05, 3.63) is 59.9 Å². The van der Waals surface area contributed by atoms with E-state index in [2.05, 4.69) is 21.9 Å². The van der Waals surface area contributed by atoms with Gasteiger partial charge in [0.25, 0.3) is 0 Å². The van der Waals surface area contributed by atoms with Crippen LogP contribution >= 0.6 is 0 Å². The zero-order valence-corrected chi connectivity index (χ0v) is 13.7. The van der Waals surface area contributed by atoms with Crippen LogP contribution in [-0.2, 0) is 13.0 Å². The van der Waals surface area contributed by atoms with Crippen molar-refractivity contribution in [3.63, 3.8) is 0 Å². The molecule has 0 radical (unpaired) electrons. The number of hydrogen-bond acceptors (Lipinski definition) is 5. The number of nitrogens with one attached hydrogen (secondary N) is 1. The topological polar surface area (TPSA) is 99.8 Å². The number of H-pyrrole nitrogens is 1. The largest absolute Gasteiger partial charge is 0.454 e. The average molecular weight is 325 g/mol. The molecule has 7 nitrogen and oxygen atoms in total. The van der Waals surface area contributed by atoms with Gasteiger partial charge in [-0.05, 0) is 25.5 Å². The van der Waals surface area contributed by atoms with Gasteiger partial charge >= 0.3 is 0 Å². The molecule has 0 unspecified atom stereocenters. The molecule has 0 spiro atoms. The van der Waals surface area contributed by atoms with Crippen LogP contribution in [0.25, 0.3) is 5.69 Å². The first-order valence-electron chi connectivity index (χ1n) is 7.46. The maximum Gasteiger partial charge on any atom is 0.174 e. The number of aliphatic hydroxyl groups excluding tert-OH is 1. The Morgan fingerprint density at radius 1 is 1.54 bits per heavy atom. The van der Waals surface area contributed by atoms with E-state index in [1.54, 1.807) is 42.2 Å². The van der Waals surface area contributed by atoms with Crippen LogP contribution < -0.4 is 4.74 Å². The Morgan fingerprint density at radius 3 is 2.88 bits per heavy atom. The molecule has 2 aromatic rings. The first-order valence-corrected chi connectivity index (χ1v) is 7.46. The second-order valence-corrected chi connectivity index (χ2v) is 4.86. The summed E-state index contributed by atoms with van der Waals surface area (Å²) in [4.78, 5) is 0. The van der Waals surface area contributed by atoms with Gasteiger partial charge in [-0.3, -0.25) is 5.10 Å². The maximum atomic E-state index is 9.58. The number of aliphatic hydroxyl groups is 1. The first kappa shape index (κ1) is 17.2. The second kappa shape index (κ2) is 7.94. The highest BCUT2D eigenvalue weighted by molar-refractivity contribution is 5.42. The summed E-state index contributed by atoms with van der Waals surface area (Å²) in [6.07, 6.45) is 8.90. The summed E-state index contributed by atoms with van der Waals surface area (Å²) in [5.41, 5.74) is 2.46. The van der Waals surface area contributed by atoms with Gasteiger partial charge in [-0.25, -0.2) is 4.68 Å². The lowest BCUT2D eigenvalue weighted by Gasteiger charge is -2.08. The van der Waals surface area contributed by atoms with Crippen molar-refractivity contribution in [2.45, 2.75) is 26.9 Å². The summed E-state index contributed by atoms with van der Waals surface area (Å²) in [7, 11) is 0. The van der Waals surface area contributed by atoms with Crippen LogP contribution in [-0.4, -0.2) is 25.1 Å². The molecule has 0 fully saturated rings. The molecular weight excluding hydrogens is 306 g/mol. The van der Waals surface area contributed by atoms with Crippen LogP contribution in [0.2, 0.25) is 0 Å². The van der Waals surface area contributed by atoms with E-state index in [4.69, 9.17) is 10.00 Å². The van der Waals surface area contributed by atoms with Crippen LogP contribution in [0.4, 0.5) is 0 Å². The maximum absolute atomic E-state index is 9.58. The lowest BCUT2D eigenvalue weighted by atomic mass is 10.2. The Kier molecular flexibility index (Phi) is 5.71. The third-order valence-electron chi connectivity index (χ3n) is 3.34. The minimum absolute atomic E-state index is 0.261. The van der Waals surface area contributed by atoms with Crippen molar-refractivity contribution in [1.82, 2.24) is 20.0 Å². The van der Waals surface area contributed by atoms with Gasteiger partial charge in [-0.15, -0.1) is 0 Å². The summed E-state index contributed by atoms with van der Waals surface area (Å²) in [6, 6.07) is 2.05. The smallest absolute Gasteiger partial charge is 0.174 e. The number of nitrogens with zero attached hydrogens (tertiary/aromatic N) is 4. The van der Waals surface area contributed by atoms with Gasteiger partial charge in [0, 0.05) is 11.8 Å². The molecule has 24 heavy (non-hydrogen) atoms. The van der Waals surface area contributed by atoms with Crippen LogP contribution in [0.5, 0.6) is 5.75 Å². The third kappa shape index (κ3) is 3.62. The highest BCUT2D eigenvalue weighted by Crippen LogP contribution is 2.28. The molecule has 0 saturated carbocycles. The van der Waals surface area contributed by atoms with Gasteiger partial charge in [-0.2, -0.15) is 15.5 Å². The highest BCUT2D eigenvalue weighted by atomic mass is 16.5. The summed E-state index contributed by atoms with van der Waals surface area (Å²) in [6.45, 7) is 7.31. The summed E-state index contributed by atoms with van der Waals surface area (Å²) >= 11 is 0. The summed E-state index contributed by atoms with van der Waals surface area (Å²) < 4.78 is 7.46. The van der Waals surface area contributed by atoms with E-state index in [-0.39, 0.29) is 6.61 Å². The Bertz CT molecular complexity index is 807. The molecule has 0 saturated heterocycles. The molecule has 7 heteroatoms. The molecule has 2 N–H and O–H groups in total. The lowest BCUT2D eigenvalue weighted by molar-refractivity contribution is 0.270. The van der Waals surface area contributed by atoms with Gasteiger partial charge in [0.15, 0.2) is 5.75 Å². The summed E-state index contributed by atoms with van der Waals surface area (Å²) in [5, 5.41) is 29.5. The normalized spacial score (nSPS) is 11.7. The van der Waals surface area contributed by atoms with E-state index in [9.17, 15) is 5.11 Å². The molecule has 2 rings (SSSR count). The fraction of sp³-hybridized carbons (Fsp3) is 0.235. The molecule has 0 aliphatic carbocycles. The average Bonchev–Trinajstić information content (AvgIpc) is 3.23. The number of rotatable bonds is 7. The Balaban J connectivity index is 2.33. The van der Waals surface area contributed by atoms with Crippen molar-refractivity contribution in [1.29, 1.82) is 5.26 Å². The molecule has 0 bridgehead atoms. The van der Waals surface area contributed by atoms with Crippen LogP contribution in [0.3, 0.4) is 0 Å². The fourth-order valence-electron chi connectivity index (χ4n) is 2.14. The quantitative estimate of drug-likeness (QED) is 0.463. The number of aromatic amines is 1. The summed E-state index contributed by atoms with van der Waals surface area (Å²) in [5.74, 6) is 0.815. The van der Waals surface area contributed by atoms with Crippen molar-refractivity contribution in [2.75, 3.05) is 0 Å². The molecule has 2 aromatic heterocycles. The van der Waals surface area contributed by atoms with Gasteiger partial charge in [-0.1, -0.05) is 19.6 Å². The van der Waals surface area contributed by atoms with Gasteiger partial charge < -0.3 is 9.84 Å². The molecular formula is C17H19N5O2. The molecule has 2 heterocycles. The zero-order valence-electron chi connectivity index (χ0n) is 13.7. The minimum atomic E-state index is -0.261. The fourth-order valence-corrected chi connectivity index (χ4v) is 2.14. The predicted octanol–water partition coefficient (Wildman–Crippen LogP) is 2.57. The van der Waals surface area contributed by atoms with Crippen LogP contribution in [0.15, 0.2) is 48.5 Å². The Hall–Kier alpha value is -3.11. The Morgan fingerprint density at radius 2 is 2.33 bits per heavy atom. The lowest BCUT2D eigenvalue weighted by Crippen LogP contribution is -2.01. The number of hydrogen-bond donors (Lipinski definition) is 2. The Labute approximate surface area is 140 Å². The molecule has 0 aliphatic heterocycles. The van der Waals surface area contributed by atoms with E-state index in [0.29, 0.717) is 29.2 Å². The van der Waals surface area contributed by atoms with Crippen molar-refractivity contribution in [3.8, 4) is 17.5 Å². The van der Waals surface area contributed by atoms with E-state index >= 15 is 0 Å². The second-order valence-electron chi connectivity index (χ2n) is 4.86. The van der Waals surface area contributed by atoms with Crippen LogP contribution in [0.1, 0.15) is 25.2 Å². The number of allylic oxidation sites excluding steroid dienone is 4. The number of ether oxygens (including phenoxy) is 1. The van der Waals surface area contributed by atoms with E-state index in [1.165, 1.54) is 0 Å². The molecule has 0 aliphatic rings. The van der Waals surface area contributed by atoms with Gasteiger partial charge in [0.05, 0.1) is 24.6 Å². The highest BCUT2D eigenvalue weighted by Gasteiger charge is 2.19. The zero-order chi connectivity index (χ0) is 17.5. The monoisotopic (exact) mass is 325 g/mol. The standard InChI is InChI=1S/C17H19N5O2/c1-4-13(8-18)7-6-12(3)24-17-15(11-23)21-22(16(17)5-2)14-9-19-20-10-14/h4,6-7,9-10,23H,3,5,11H2,1-2H3,(H,19,20)/b7-6-,13-4+. The number of aromatic nitrogens is 4. The minimum Gasteiger partial charge on any atom is -0.454 e. The molecule has 0 aromatic carbocycles. The van der Waals surface area contributed by atoms with E-state index in [0.717, 1.165) is 11.4 Å².